The summed E-state index contributed by atoms with van der Waals surface area (Å²) in [6.07, 6.45) is 4.04. The quantitative estimate of drug-likeness (QED) is 0.763. The maximum absolute atomic E-state index is 12.5. The van der Waals surface area contributed by atoms with Gasteiger partial charge in [-0.25, -0.2) is 8.42 Å². The summed E-state index contributed by atoms with van der Waals surface area (Å²) >= 11 is 0. The Hall–Kier alpha value is -1.86. The van der Waals surface area contributed by atoms with Gasteiger partial charge in [0.1, 0.15) is 5.75 Å². The number of sulfone groups is 1. The predicted octanol–water partition coefficient (Wildman–Crippen LogP) is 1.67. The van der Waals surface area contributed by atoms with Gasteiger partial charge in [-0.15, -0.1) is 0 Å². The van der Waals surface area contributed by atoms with Crippen LogP contribution in [0.4, 0.5) is 0 Å². The molecule has 2 heterocycles. The van der Waals surface area contributed by atoms with Crippen LogP contribution in [-0.4, -0.2) is 74.5 Å². The number of rotatable bonds is 5. The fourth-order valence-corrected chi connectivity index (χ4v) is 5.99. The van der Waals surface area contributed by atoms with Crippen molar-refractivity contribution >= 4 is 21.8 Å². The second-order valence-corrected chi connectivity index (χ2v) is 9.69. The highest BCUT2D eigenvalue weighted by atomic mass is 32.2. The third-order valence-electron chi connectivity index (χ3n) is 5.34. The molecular weight excluding hydrogens is 364 g/mol. The highest BCUT2D eigenvalue weighted by Crippen LogP contribution is 2.28. The van der Waals surface area contributed by atoms with Crippen molar-refractivity contribution in [3.63, 3.8) is 0 Å². The van der Waals surface area contributed by atoms with Gasteiger partial charge in [-0.05, 0) is 6.07 Å². The fourth-order valence-electron chi connectivity index (χ4n) is 3.98. The molecule has 0 aromatic heterocycles. The van der Waals surface area contributed by atoms with E-state index in [0.29, 0.717) is 19.6 Å². The molecule has 3 rings (SSSR count). The second kappa shape index (κ2) is 8.02. The number of carbonyl (C=O) groups excluding carboxylic acids is 1. The van der Waals surface area contributed by atoms with E-state index >= 15 is 0 Å². The summed E-state index contributed by atoms with van der Waals surface area (Å²) in [7, 11) is -1.48. The van der Waals surface area contributed by atoms with E-state index in [1.807, 2.05) is 50.3 Å². The number of amides is 1. The van der Waals surface area contributed by atoms with Gasteiger partial charge in [0.15, 0.2) is 9.84 Å². The van der Waals surface area contributed by atoms with Crippen LogP contribution in [0.25, 0.3) is 6.08 Å². The lowest BCUT2D eigenvalue weighted by molar-refractivity contribution is -0.140. The third-order valence-corrected chi connectivity index (χ3v) is 7.04. The highest BCUT2D eigenvalue weighted by Gasteiger charge is 2.47. The molecule has 6 nitrogen and oxygen atoms in total. The topological polar surface area (TPSA) is 66.9 Å². The molecule has 2 aliphatic rings. The molecule has 0 saturated carbocycles. The molecule has 0 N–H and O–H groups in total. The van der Waals surface area contributed by atoms with Crippen molar-refractivity contribution in [2.45, 2.75) is 25.9 Å². The Morgan fingerprint density at radius 2 is 1.93 bits per heavy atom. The van der Waals surface area contributed by atoms with E-state index in [1.165, 1.54) is 0 Å². The van der Waals surface area contributed by atoms with E-state index in [-0.39, 0.29) is 35.4 Å². The van der Waals surface area contributed by atoms with Crippen molar-refractivity contribution in [3.05, 3.63) is 35.9 Å². The van der Waals surface area contributed by atoms with Gasteiger partial charge in [-0.1, -0.05) is 44.2 Å². The van der Waals surface area contributed by atoms with Crippen LogP contribution >= 0.6 is 0 Å². The molecule has 1 amide bonds. The van der Waals surface area contributed by atoms with Crippen LogP contribution in [-0.2, 0) is 14.6 Å². The van der Waals surface area contributed by atoms with Gasteiger partial charge in [0.05, 0.1) is 24.7 Å². The van der Waals surface area contributed by atoms with Crippen LogP contribution in [0.1, 0.15) is 19.4 Å². The number of piperazine rings is 1. The average Bonchev–Trinajstić information content (AvgIpc) is 2.96. The van der Waals surface area contributed by atoms with E-state index < -0.39 is 9.84 Å². The van der Waals surface area contributed by atoms with Crippen LogP contribution in [0.3, 0.4) is 0 Å². The lowest BCUT2D eigenvalue weighted by atomic mass is 10.0. The fraction of sp³-hybridized carbons (Fsp3) is 0.550. The maximum atomic E-state index is 12.5. The first-order valence-electron chi connectivity index (χ1n) is 9.37. The predicted molar refractivity (Wildman–Crippen MR) is 106 cm³/mol. The number of methoxy groups -OCH3 is 1. The smallest absolute Gasteiger partial charge is 0.225 e. The summed E-state index contributed by atoms with van der Waals surface area (Å²) < 4.78 is 29.9. The largest absolute Gasteiger partial charge is 0.496 e. The van der Waals surface area contributed by atoms with Gasteiger partial charge in [0.25, 0.3) is 0 Å². The van der Waals surface area contributed by atoms with Crippen molar-refractivity contribution in [3.8, 4) is 5.75 Å². The molecular formula is C20H28N2O4S. The Labute approximate surface area is 161 Å². The molecule has 1 aromatic carbocycles. The number of fused-ring (bicyclic) bond motifs is 1. The van der Waals surface area contributed by atoms with Crippen molar-refractivity contribution in [1.29, 1.82) is 0 Å². The molecule has 2 atom stereocenters. The van der Waals surface area contributed by atoms with Gasteiger partial charge in [-0.3, -0.25) is 9.69 Å². The number of hydrogen-bond acceptors (Lipinski definition) is 5. The molecule has 2 saturated heterocycles. The lowest BCUT2D eigenvalue weighted by Gasteiger charge is -2.44. The molecule has 0 bridgehead atoms. The molecule has 7 heteroatoms. The van der Waals surface area contributed by atoms with Crippen molar-refractivity contribution in [1.82, 2.24) is 9.80 Å². The van der Waals surface area contributed by atoms with E-state index in [2.05, 4.69) is 4.90 Å². The number of nitrogens with zero attached hydrogens (tertiary/aromatic N) is 2. The monoisotopic (exact) mass is 392 g/mol. The molecule has 148 valence electrons. The standard InChI is InChI=1S/C20H28N2O4S/c1-15(2)20(23)22-12-11-21(17-13-27(24,25)14-18(17)22)10-6-8-16-7-4-5-9-19(16)26-3/h4-9,15,17-18H,10-14H2,1-3H3/b8-6+/t17-,18+/m1/s1. The number of para-hydroxylation sites is 1. The molecule has 27 heavy (non-hydrogen) atoms. The van der Waals surface area contributed by atoms with Gasteiger partial charge < -0.3 is 9.64 Å². The summed E-state index contributed by atoms with van der Waals surface area (Å²) in [5, 5.41) is 0. The number of benzene rings is 1. The summed E-state index contributed by atoms with van der Waals surface area (Å²) in [5.41, 5.74) is 0.990. The van der Waals surface area contributed by atoms with Gasteiger partial charge in [0, 0.05) is 37.2 Å². The number of ether oxygens (including phenoxy) is 1. The zero-order valence-corrected chi connectivity index (χ0v) is 17.0. The second-order valence-electron chi connectivity index (χ2n) is 7.54. The van der Waals surface area contributed by atoms with E-state index in [4.69, 9.17) is 4.74 Å². The van der Waals surface area contributed by atoms with Crippen LogP contribution in [0.15, 0.2) is 30.3 Å². The van der Waals surface area contributed by atoms with Crippen LogP contribution in [0, 0.1) is 5.92 Å². The average molecular weight is 393 g/mol. The first-order chi connectivity index (χ1) is 12.8. The summed E-state index contributed by atoms with van der Waals surface area (Å²) in [4.78, 5) is 16.5. The SMILES string of the molecule is COc1ccccc1/C=C/CN1CCN(C(=O)C(C)C)[C@H]2CS(=O)(=O)C[C@H]21. The van der Waals surface area contributed by atoms with Crippen LogP contribution in [0.2, 0.25) is 0 Å². The van der Waals surface area contributed by atoms with Crippen molar-refractivity contribution in [2.75, 3.05) is 38.2 Å². The van der Waals surface area contributed by atoms with E-state index in [1.54, 1.807) is 12.0 Å². The van der Waals surface area contributed by atoms with Crippen molar-refractivity contribution in [2.24, 2.45) is 5.92 Å². The van der Waals surface area contributed by atoms with Crippen LogP contribution in [0.5, 0.6) is 5.75 Å². The molecule has 0 radical (unpaired) electrons. The minimum absolute atomic E-state index is 0.0475. The maximum Gasteiger partial charge on any atom is 0.225 e. The Balaban J connectivity index is 1.74. The Morgan fingerprint density at radius 1 is 1.22 bits per heavy atom. The van der Waals surface area contributed by atoms with Crippen molar-refractivity contribution < 1.29 is 17.9 Å². The summed E-state index contributed by atoms with van der Waals surface area (Å²) in [5.74, 6) is 0.935. The summed E-state index contributed by atoms with van der Waals surface area (Å²) in [6.45, 7) is 5.65. The minimum Gasteiger partial charge on any atom is -0.496 e. The van der Waals surface area contributed by atoms with Gasteiger partial charge >= 0.3 is 0 Å². The number of hydrogen-bond donors (Lipinski definition) is 0. The van der Waals surface area contributed by atoms with Gasteiger partial charge in [0.2, 0.25) is 5.91 Å². The molecule has 2 aliphatic heterocycles. The normalized spacial score (nSPS) is 25.1. The molecule has 2 fully saturated rings. The molecule has 0 spiro atoms. The molecule has 0 aliphatic carbocycles. The zero-order valence-electron chi connectivity index (χ0n) is 16.2. The van der Waals surface area contributed by atoms with E-state index in [0.717, 1.165) is 11.3 Å². The minimum atomic E-state index is -3.12. The lowest BCUT2D eigenvalue weighted by Crippen LogP contribution is -2.61. The third kappa shape index (κ3) is 4.35. The molecule has 0 unspecified atom stereocenters. The Kier molecular flexibility index (Phi) is 5.91. The Morgan fingerprint density at radius 3 is 2.63 bits per heavy atom. The first kappa shape index (κ1) is 19.9. The number of carbonyl (C=O) groups is 1. The van der Waals surface area contributed by atoms with Gasteiger partial charge in [-0.2, -0.15) is 0 Å². The Bertz CT molecular complexity index is 819. The first-order valence-corrected chi connectivity index (χ1v) is 11.2. The van der Waals surface area contributed by atoms with Crippen LogP contribution < -0.4 is 4.74 Å². The molecule has 1 aromatic rings. The zero-order chi connectivity index (χ0) is 19.6. The summed E-state index contributed by atoms with van der Waals surface area (Å²) in [6, 6.07) is 7.41. The highest BCUT2D eigenvalue weighted by molar-refractivity contribution is 7.91. The van der Waals surface area contributed by atoms with E-state index in [9.17, 15) is 13.2 Å².